The largest absolute Gasteiger partial charge is 0.493 e. The molecule has 20 nitrogen and oxygen atoms in total. The molecule has 0 bridgehead atoms. The van der Waals surface area contributed by atoms with Gasteiger partial charge in [0.1, 0.15) is 11.5 Å². The number of aliphatic hydroxyl groups is 1. The number of nitrogens with one attached hydrogen (secondary N) is 2. The quantitative estimate of drug-likeness (QED) is 0.0260. The van der Waals surface area contributed by atoms with Crippen molar-refractivity contribution >= 4 is 93.2 Å². The number of rotatable bonds is 14. The van der Waals surface area contributed by atoms with E-state index in [0.717, 1.165) is 22.0 Å². The van der Waals surface area contributed by atoms with E-state index in [1.165, 1.54) is 89.0 Å². The van der Waals surface area contributed by atoms with Gasteiger partial charge < -0.3 is 73.2 Å². The van der Waals surface area contributed by atoms with E-state index in [1.807, 2.05) is 66.9 Å². The van der Waals surface area contributed by atoms with Crippen molar-refractivity contribution in [3.63, 3.8) is 0 Å². The van der Waals surface area contributed by atoms with E-state index in [2.05, 4.69) is 10.3 Å². The number of cyclic esters (lactones) is 4. The number of fused-ring (bicyclic) bond motifs is 1. The van der Waals surface area contributed by atoms with E-state index in [9.17, 15) is 24.0 Å². The molecular formula is C59H71N3O17S4. The number of esters is 4. The molecule has 0 spiro atoms. The number of hydrogen-bond acceptors (Lipinski definition) is 23. The Hall–Kier alpha value is -7.77. The maximum absolute atomic E-state index is 12.2. The van der Waals surface area contributed by atoms with Crippen molar-refractivity contribution in [2.45, 2.75) is 51.2 Å². The Balaban J connectivity index is 0.000000275. The number of hydrogen-bond donors (Lipinski definition) is 4. The van der Waals surface area contributed by atoms with Gasteiger partial charge in [-0.05, 0) is 86.5 Å². The maximum Gasteiger partial charge on any atom is 0.351 e. The first-order valence-corrected chi connectivity index (χ1v) is 29.7. The van der Waals surface area contributed by atoms with E-state index in [1.54, 1.807) is 109 Å². The molecule has 2 fully saturated rings. The molecule has 5 N–H and O–H groups in total. The molecule has 1 aromatic heterocycles. The highest BCUT2D eigenvalue weighted by molar-refractivity contribution is 8.21. The van der Waals surface area contributed by atoms with Gasteiger partial charge in [-0.3, -0.25) is 4.79 Å². The lowest BCUT2D eigenvalue weighted by Gasteiger charge is -2.30. The highest BCUT2D eigenvalue weighted by atomic mass is 32.2. The Morgan fingerprint density at radius 2 is 0.952 bits per heavy atom. The Morgan fingerprint density at radius 3 is 1.37 bits per heavy atom. The molecule has 0 saturated carbocycles. The van der Waals surface area contributed by atoms with Gasteiger partial charge >= 0.3 is 23.9 Å². The van der Waals surface area contributed by atoms with Crippen molar-refractivity contribution < 1.29 is 76.4 Å². The molecule has 24 heteroatoms. The number of H-pyrrole nitrogens is 1. The predicted octanol–water partition coefficient (Wildman–Crippen LogP) is 11.3. The number of thioether (sulfide) groups is 4. The number of para-hydroxylation sites is 2. The van der Waals surface area contributed by atoms with Crippen LogP contribution >= 0.6 is 47.0 Å². The summed E-state index contributed by atoms with van der Waals surface area (Å²) in [6.07, 6.45) is 7.23. The number of carbonyl (C=O) groups excluding carboxylic acids is 4. The number of methoxy groups -OCH3 is 6. The molecule has 2 aliphatic rings. The van der Waals surface area contributed by atoms with Crippen molar-refractivity contribution in [3.8, 4) is 46.0 Å². The Labute approximate surface area is 500 Å². The van der Waals surface area contributed by atoms with Gasteiger partial charge in [-0.25, -0.2) is 19.2 Å². The highest BCUT2D eigenvalue weighted by Gasteiger charge is 2.42. The lowest BCUT2D eigenvalue weighted by Crippen LogP contribution is -2.42. The first-order valence-electron chi connectivity index (χ1n) is 24.8. The zero-order chi connectivity index (χ0) is 61.9. The summed E-state index contributed by atoms with van der Waals surface area (Å²) in [6.45, 7) is 7.98. The van der Waals surface area contributed by atoms with Crippen molar-refractivity contribution in [1.29, 1.82) is 0 Å². The number of pyridine rings is 1. The van der Waals surface area contributed by atoms with Gasteiger partial charge in [-0.1, -0.05) is 36.4 Å². The van der Waals surface area contributed by atoms with E-state index < -0.39 is 35.5 Å². The summed E-state index contributed by atoms with van der Waals surface area (Å²) in [4.78, 5) is 62.5. The summed E-state index contributed by atoms with van der Waals surface area (Å²) < 4.78 is 57.2. The third-order valence-electron chi connectivity index (χ3n) is 10.5. The molecule has 448 valence electrons. The highest BCUT2D eigenvalue weighted by Crippen LogP contribution is 2.36. The Morgan fingerprint density at radius 1 is 0.542 bits per heavy atom. The Bertz CT molecular complexity index is 3140. The first-order chi connectivity index (χ1) is 39.5. The molecule has 2 saturated heterocycles. The van der Waals surface area contributed by atoms with E-state index in [4.69, 9.17) is 62.9 Å². The molecule has 8 rings (SSSR count). The van der Waals surface area contributed by atoms with Crippen LogP contribution in [0.25, 0.3) is 10.9 Å². The molecule has 0 radical (unpaired) electrons. The SMILES string of the molecule is CCO.COc1cc2[nH]c(SC)cc(=O)c2cc1OC.COc1ccc(N)cc1OC.COc1ccc(NC(SC)=C2C(=O)OC(C)(C)OC2=O)cc1OC.CSC(SC)=C1C(=O)OC(C)(C)OC1=O.c1ccc(Oc2ccccc2)cc1. The van der Waals surface area contributed by atoms with Crippen LogP contribution in [0.3, 0.4) is 0 Å². The molecule has 0 aliphatic carbocycles. The molecule has 6 aromatic rings. The van der Waals surface area contributed by atoms with Crippen molar-refractivity contribution in [3.05, 3.63) is 146 Å². The molecule has 0 amide bonds. The van der Waals surface area contributed by atoms with Crippen LogP contribution in [0.5, 0.6) is 46.0 Å². The minimum atomic E-state index is -1.27. The van der Waals surface area contributed by atoms with Gasteiger partial charge in [0.05, 0.1) is 62.5 Å². The number of nitrogen functional groups attached to an aromatic ring is 1. The van der Waals surface area contributed by atoms with E-state index >= 15 is 0 Å². The topological polar surface area (TPSA) is 261 Å². The summed E-state index contributed by atoms with van der Waals surface area (Å²) in [7, 11) is 9.35. The summed E-state index contributed by atoms with van der Waals surface area (Å²) in [5.74, 6) is 0.215. The second-order valence-corrected chi connectivity index (χ2v) is 20.7. The van der Waals surface area contributed by atoms with Gasteiger partial charge in [-0.15, -0.1) is 47.0 Å². The standard InChI is InChI=1S/C16H19NO6S.C12H13NO3S.C12H10O.C9H12O4S2.C8H11NO2.C2H6O/c1-16(2)22-14(18)12(15(19)23-16)13(24-5)17-9-6-7-10(20-3)11(8-9)21-4;1-15-10-4-7-8(5-11(10)16-2)13-12(17-3)6-9(7)14;1-3-7-11(8-4-1)13-12-9-5-2-6-10-12;1-9(2)12-6(10)5(7(11)13-9)8(14-3)15-4;1-10-7-4-3-6(9)5-8(7)11-2;1-2-3/h6-8,17H,1-5H3;4-6H,1-3H3,(H,13,14);1-10H;1-4H3;3-5H,9H2,1-2H3;3H,2H2,1H3. The van der Waals surface area contributed by atoms with Gasteiger partial charge in [0.2, 0.25) is 0 Å². The van der Waals surface area contributed by atoms with Gasteiger partial charge in [0, 0.05) is 75.3 Å². The molecule has 83 heavy (non-hydrogen) atoms. The average molecular weight is 1220 g/mol. The normalized spacial score (nSPS) is 13.3. The molecule has 2 aliphatic heterocycles. The molecule has 5 aromatic carbocycles. The number of nitrogens with two attached hydrogens (primary N) is 1. The molecule has 3 heterocycles. The van der Waals surface area contributed by atoms with Gasteiger partial charge in [-0.2, -0.15) is 0 Å². The number of aromatic amines is 1. The third kappa shape index (κ3) is 21.5. The number of anilines is 2. The number of ether oxygens (including phenoxy) is 11. The summed E-state index contributed by atoms with van der Waals surface area (Å²) in [5.41, 5.74) is 7.36. The minimum absolute atomic E-state index is 0.00525. The van der Waals surface area contributed by atoms with Crippen LogP contribution < -0.4 is 49.6 Å². The van der Waals surface area contributed by atoms with E-state index in [-0.39, 0.29) is 23.2 Å². The van der Waals surface area contributed by atoms with Crippen LogP contribution in [0.15, 0.2) is 145 Å². The Kier molecular flexibility index (Phi) is 29.0. The maximum atomic E-state index is 12.2. The first kappa shape index (κ1) is 69.5. The zero-order valence-electron chi connectivity index (χ0n) is 48.9. The van der Waals surface area contributed by atoms with Gasteiger partial charge in [0.15, 0.2) is 51.1 Å². The molecular weight excluding hydrogens is 1150 g/mol. The fourth-order valence-corrected chi connectivity index (χ4v) is 9.27. The number of aromatic nitrogens is 1. The smallest absolute Gasteiger partial charge is 0.351 e. The van der Waals surface area contributed by atoms with Crippen molar-refractivity contribution in [2.75, 3.05) is 85.3 Å². The second kappa shape index (κ2) is 34.6. The second-order valence-electron chi connectivity index (χ2n) is 17.1. The van der Waals surface area contributed by atoms with Crippen LogP contribution in [0.1, 0.15) is 34.6 Å². The predicted molar refractivity (Wildman–Crippen MR) is 329 cm³/mol. The molecule has 0 unspecified atom stereocenters. The average Bonchev–Trinajstić information content (AvgIpc) is 3.46. The fraction of sp³-hybridized carbons (Fsp3) is 0.305. The van der Waals surface area contributed by atoms with Crippen LogP contribution in [0, 0.1) is 0 Å². The third-order valence-corrected chi connectivity index (χ3v) is 14.0. The number of aliphatic hydroxyl groups excluding tert-OH is 1. The summed E-state index contributed by atoms with van der Waals surface area (Å²) in [5, 5.41) is 12.3. The monoisotopic (exact) mass is 1220 g/mol. The summed E-state index contributed by atoms with van der Waals surface area (Å²) >= 11 is 5.34. The van der Waals surface area contributed by atoms with Crippen LogP contribution in [-0.4, -0.2) is 120 Å². The van der Waals surface area contributed by atoms with Crippen molar-refractivity contribution in [1.82, 2.24) is 4.98 Å². The van der Waals surface area contributed by atoms with Crippen LogP contribution in [0.2, 0.25) is 0 Å². The fourth-order valence-electron chi connectivity index (χ4n) is 6.83. The minimum Gasteiger partial charge on any atom is -0.493 e. The lowest BCUT2D eigenvalue weighted by molar-refractivity contribution is -0.224. The zero-order valence-corrected chi connectivity index (χ0v) is 52.1. The van der Waals surface area contributed by atoms with Gasteiger partial charge in [0.25, 0.3) is 11.6 Å². The lowest BCUT2D eigenvalue weighted by atomic mass is 10.2. The van der Waals surface area contributed by atoms with Crippen LogP contribution in [-0.2, 0) is 38.1 Å². The van der Waals surface area contributed by atoms with E-state index in [0.29, 0.717) is 60.5 Å². The molecule has 0 atom stereocenters. The number of benzene rings is 5. The number of carbonyl (C=O) groups is 4. The van der Waals surface area contributed by atoms with Crippen molar-refractivity contribution in [2.24, 2.45) is 0 Å². The summed E-state index contributed by atoms with van der Waals surface area (Å²) in [6, 6.07) is 35.0. The van der Waals surface area contributed by atoms with Crippen LogP contribution in [0.4, 0.5) is 11.4 Å².